The molecule has 1 aliphatic heterocycles. The number of methoxy groups -OCH3 is 1. The molecule has 0 saturated carbocycles. The summed E-state index contributed by atoms with van der Waals surface area (Å²) in [6.07, 6.45) is 0.703. The van der Waals surface area contributed by atoms with Crippen LogP contribution in [-0.4, -0.2) is 37.9 Å². The molecule has 0 N–H and O–H groups in total. The SMILES string of the molecule is COc1ccc2c(c1)[C@H]1CN(C)C[C@H]1CC2=O. The molecule has 1 aromatic rings. The molecule has 3 nitrogen and oxygen atoms in total. The highest BCUT2D eigenvalue weighted by molar-refractivity contribution is 5.99. The summed E-state index contributed by atoms with van der Waals surface area (Å²) in [5, 5.41) is 0. The van der Waals surface area contributed by atoms with Gasteiger partial charge in [-0.05, 0) is 36.7 Å². The summed E-state index contributed by atoms with van der Waals surface area (Å²) in [7, 11) is 3.80. The van der Waals surface area contributed by atoms with Gasteiger partial charge in [-0.1, -0.05) is 0 Å². The molecule has 0 unspecified atom stereocenters. The summed E-state index contributed by atoms with van der Waals surface area (Å²) in [6.45, 7) is 2.09. The number of ether oxygens (including phenoxy) is 1. The Bertz CT molecular complexity index is 469. The highest BCUT2D eigenvalue weighted by Crippen LogP contribution is 2.41. The number of carbonyl (C=O) groups excluding carboxylic acids is 1. The molecule has 2 atom stereocenters. The minimum atomic E-state index is 0.291. The number of fused-ring (bicyclic) bond motifs is 3. The van der Waals surface area contributed by atoms with E-state index in [2.05, 4.69) is 11.9 Å². The zero-order valence-corrected chi connectivity index (χ0v) is 10.3. The Morgan fingerprint density at radius 2 is 2.18 bits per heavy atom. The first-order valence-electron chi connectivity index (χ1n) is 6.08. The first kappa shape index (κ1) is 10.8. The van der Waals surface area contributed by atoms with Gasteiger partial charge in [0.1, 0.15) is 5.75 Å². The number of benzene rings is 1. The van der Waals surface area contributed by atoms with Crippen molar-refractivity contribution in [1.29, 1.82) is 0 Å². The molecule has 0 radical (unpaired) electrons. The van der Waals surface area contributed by atoms with Gasteiger partial charge in [-0.3, -0.25) is 4.79 Å². The summed E-state index contributed by atoms with van der Waals surface area (Å²) in [6, 6.07) is 5.85. The van der Waals surface area contributed by atoms with E-state index in [4.69, 9.17) is 4.74 Å². The average molecular weight is 231 g/mol. The molecule has 1 aliphatic carbocycles. The van der Waals surface area contributed by atoms with Gasteiger partial charge < -0.3 is 9.64 Å². The molecule has 2 aliphatic rings. The van der Waals surface area contributed by atoms with E-state index in [1.165, 1.54) is 5.56 Å². The number of Topliss-reactive ketones (excluding diaryl/α,β-unsaturated/α-hetero) is 1. The highest BCUT2D eigenvalue weighted by atomic mass is 16.5. The van der Waals surface area contributed by atoms with Gasteiger partial charge in [-0.2, -0.15) is 0 Å². The molecular formula is C14H17NO2. The van der Waals surface area contributed by atoms with Crippen LogP contribution >= 0.6 is 0 Å². The van der Waals surface area contributed by atoms with E-state index in [1.807, 2.05) is 18.2 Å². The van der Waals surface area contributed by atoms with Gasteiger partial charge >= 0.3 is 0 Å². The van der Waals surface area contributed by atoms with Crippen molar-refractivity contribution in [2.24, 2.45) is 5.92 Å². The lowest BCUT2D eigenvalue weighted by atomic mass is 9.76. The van der Waals surface area contributed by atoms with E-state index < -0.39 is 0 Å². The van der Waals surface area contributed by atoms with Crippen LogP contribution in [0.2, 0.25) is 0 Å². The number of carbonyl (C=O) groups is 1. The Morgan fingerprint density at radius 1 is 1.35 bits per heavy atom. The fourth-order valence-electron chi connectivity index (χ4n) is 3.22. The van der Waals surface area contributed by atoms with Crippen molar-refractivity contribution in [1.82, 2.24) is 4.90 Å². The Morgan fingerprint density at radius 3 is 2.94 bits per heavy atom. The Balaban J connectivity index is 2.07. The Hall–Kier alpha value is -1.35. The monoisotopic (exact) mass is 231 g/mol. The van der Waals surface area contributed by atoms with Crippen LogP contribution in [-0.2, 0) is 0 Å². The molecule has 0 bridgehead atoms. The molecule has 1 heterocycles. The van der Waals surface area contributed by atoms with E-state index in [9.17, 15) is 4.79 Å². The van der Waals surface area contributed by atoms with E-state index in [0.717, 1.165) is 24.4 Å². The topological polar surface area (TPSA) is 29.5 Å². The van der Waals surface area contributed by atoms with Crippen LogP contribution in [0.4, 0.5) is 0 Å². The highest BCUT2D eigenvalue weighted by Gasteiger charge is 2.39. The molecule has 3 rings (SSSR count). The van der Waals surface area contributed by atoms with E-state index in [0.29, 0.717) is 24.0 Å². The second-order valence-electron chi connectivity index (χ2n) is 5.17. The van der Waals surface area contributed by atoms with Crippen molar-refractivity contribution in [3.63, 3.8) is 0 Å². The first-order chi connectivity index (χ1) is 8.19. The molecular weight excluding hydrogens is 214 g/mol. The number of hydrogen-bond acceptors (Lipinski definition) is 3. The van der Waals surface area contributed by atoms with Crippen LogP contribution in [0.1, 0.15) is 28.3 Å². The summed E-state index contributed by atoms with van der Waals surface area (Å²) in [5.41, 5.74) is 2.09. The van der Waals surface area contributed by atoms with Gasteiger partial charge in [-0.25, -0.2) is 0 Å². The van der Waals surface area contributed by atoms with Crippen LogP contribution in [0.3, 0.4) is 0 Å². The first-order valence-corrected chi connectivity index (χ1v) is 6.08. The van der Waals surface area contributed by atoms with Crippen molar-refractivity contribution in [2.45, 2.75) is 12.3 Å². The lowest BCUT2D eigenvalue weighted by Crippen LogP contribution is -2.23. The lowest BCUT2D eigenvalue weighted by Gasteiger charge is -2.26. The van der Waals surface area contributed by atoms with Gasteiger partial charge in [0.05, 0.1) is 7.11 Å². The Kier molecular flexibility index (Phi) is 2.44. The zero-order chi connectivity index (χ0) is 12.0. The predicted octanol–water partition coefficient (Wildman–Crippen LogP) is 1.93. The quantitative estimate of drug-likeness (QED) is 0.739. The van der Waals surface area contributed by atoms with Crippen molar-refractivity contribution in [3.8, 4) is 5.75 Å². The number of rotatable bonds is 1. The molecule has 90 valence electrons. The molecule has 17 heavy (non-hydrogen) atoms. The van der Waals surface area contributed by atoms with Crippen molar-refractivity contribution >= 4 is 5.78 Å². The third-order valence-electron chi connectivity index (χ3n) is 4.03. The number of hydrogen-bond donors (Lipinski definition) is 0. The summed E-state index contributed by atoms with van der Waals surface area (Å²) in [5.74, 6) is 2.14. The van der Waals surface area contributed by atoms with Gasteiger partial charge in [-0.15, -0.1) is 0 Å². The summed E-state index contributed by atoms with van der Waals surface area (Å²) >= 11 is 0. The smallest absolute Gasteiger partial charge is 0.163 e. The minimum absolute atomic E-state index is 0.291. The van der Waals surface area contributed by atoms with Crippen molar-refractivity contribution in [3.05, 3.63) is 29.3 Å². The maximum absolute atomic E-state index is 12.1. The largest absolute Gasteiger partial charge is 0.497 e. The standard InChI is InChI=1S/C14H17NO2/c1-15-7-9-5-14(16)11-4-3-10(17-2)6-12(11)13(9)8-15/h3-4,6,9,13H,5,7-8H2,1-2H3/t9-,13+/m1/s1. The fourth-order valence-corrected chi connectivity index (χ4v) is 3.22. The van der Waals surface area contributed by atoms with Crippen LogP contribution in [0.5, 0.6) is 5.75 Å². The molecule has 0 spiro atoms. The third kappa shape index (κ3) is 1.65. The van der Waals surface area contributed by atoms with Crippen molar-refractivity contribution < 1.29 is 9.53 Å². The lowest BCUT2D eigenvalue weighted by molar-refractivity contribution is 0.0946. The number of ketones is 1. The molecule has 0 aromatic heterocycles. The Labute approximate surface area is 101 Å². The van der Waals surface area contributed by atoms with Gasteiger partial charge in [0.15, 0.2) is 5.78 Å². The summed E-state index contributed by atoms with van der Waals surface area (Å²) in [4.78, 5) is 14.4. The predicted molar refractivity (Wildman–Crippen MR) is 65.7 cm³/mol. The van der Waals surface area contributed by atoms with Gasteiger partial charge in [0, 0.05) is 31.0 Å². The molecule has 3 heteroatoms. The molecule has 0 amide bonds. The van der Waals surface area contributed by atoms with Gasteiger partial charge in [0.2, 0.25) is 0 Å². The number of likely N-dealkylation sites (tertiary alicyclic amines) is 1. The minimum Gasteiger partial charge on any atom is -0.497 e. The van der Waals surface area contributed by atoms with Crippen LogP contribution < -0.4 is 4.74 Å². The normalized spacial score (nSPS) is 27.8. The maximum Gasteiger partial charge on any atom is 0.163 e. The van der Waals surface area contributed by atoms with E-state index >= 15 is 0 Å². The van der Waals surface area contributed by atoms with Gasteiger partial charge in [0.25, 0.3) is 0 Å². The van der Waals surface area contributed by atoms with E-state index in [-0.39, 0.29) is 0 Å². The van der Waals surface area contributed by atoms with Crippen LogP contribution in [0.15, 0.2) is 18.2 Å². The maximum atomic E-state index is 12.1. The fraction of sp³-hybridized carbons (Fsp3) is 0.500. The average Bonchev–Trinajstić information content (AvgIpc) is 2.69. The molecule has 1 fully saturated rings. The van der Waals surface area contributed by atoms with Crippen LogP contribution in [0, 0.1) is 5.92 Å². The number of likely N-dealkylation sites (N-methyl/N-ethyl adjacent to an activating group) is 1. The number of nitrogens with zero attached hydrogens (tertiary/aromatic N) is 1. The molecule has 1 saturated heterocycles. The van der Waals surface area contributed by atoms with E-state index in [1.54, 1.807) is 7.11 Å². The second kappa shape index (κ2) is 3.84. The zero-order valence-electron chi connectivity index (χ0n) is 10.3. The summed E-state index contributed by atoms with van der Waals surface area (Å²) < 4.78 is 5.27. The third-order valence-corrected chi connectivity index (χ3v) is 4.03. The van der Waals surface area contributed by atoms with Crippen LogP contribution in [0.25, 0.3) is 0 Å². The van der Waals surface area contributed by atoms with Crippen molar-refractivity contribution in [2.75, 3.05) is 27.2 Å². The second-order valence-corrected chi connectivity index (χ2v) is 5.17. The molecule has 1 aromatic carbocycles.